The van der Waals surface area contributed by atoms with E-state index in [0.717, 1.165) is 4.57 Å². The molecule has 0 bridgehead atoms. The van der Waals surface area contributed by atoms with Crippen LogP contribution in [-0.4, -0.2) is 40.4 Å². The van der Waals surface area contributed by atoms with E-state index in [1.54, 1.807) is 30.3 Å². The number of aldehydes is 1. The highest BCUT2D eigenvalue weighted by Crippen LogP contribution is 2.21. The van der Waals surface area contributed by atoms with E-state index >= 15 is 0 Å². The van der Waals surface area contributed by atoms with Gasteiger partial charge < -0.3 is 36.2 Å². The molecule has 2 atom stereocenters. The number of carbonyl (C=O) groups excluding carboxylic acids is 3. The van der Waals surface area contributed by atoms with Gasteiger partial charge in [-0.05, 0) is 30.0 Å². The van der Waals surface area contributed by atoms with Crippen LogP contribution >= 0.6 is 0 Å². The number of carbonyl (C=O) groups is 3. The predicted octanol–water partition coefficient (Wildman–Crippen LogP) is 0.566. The van der Waals surface area contributed by atoms with Crippen molar-refractivity contribution in [2.45, 2.75) is 44.9 Å². The molecule has 2 aromatic rings. The van der Waals surface area contributed by atoms with Crippen LogP contribution in [0.1, 0.15) is 37.0 Å². The zero-order valence-electron chi connectivity index (χ0n) is 19.1. The number of nitrogens with two attached hydrogens (primary N) is 1. The minimum Gasteiger partial charge on any atom is -0.388 e. The first-order valence-electron chi connectivity index (χ1n) is 10.9. The predicted molar refractivity (Wildman–Crippen MR) is 129 cm³/mol. The van der Waals surface area contributed by atoms with E-state index in [0.29, 0.717) is 42.6 Å². The maximum atomic E-state index is 13.0. The number of rotatable bonds is 13. The first-order valence-corrected chi connectivity index (χ1v) is 10.9. The molecule has 0 fully saturated rings. The Kier molecular flexibility index (Phi) is 10.0. The molecule has 10 heteroatoms. The molecular weight excluding hydrogens is 438 g/mol. The van der Waals surface area contributed by atoms with E-state index in [9.17, 15) is 24.3 Å². The van der Waals surface area contributed by atoms with E-state index in [4.69, 9.17) is 5.73 Å². The molecule has 2 unspecified atom stereocenters. The van der Waals surface area contributed by atoms with Crippen LogP contribution in [0.25, 0.3) is 0 Å². The molecule has 34 heavy (non-hydrogen) atoms. The fourth-order valence-corrected chi connectivity index (χ4v) is 3.37. The standard InChI is InChI=1S/C24H31N5O5/c1-16(25)26-11-6-9-20(15-30)28-22(33)14-29-12-10-19(23(24(29)34)27-17(2)31)13-21(32)18-7-4-3-5-8-18/h3-5,7-8,10,12,15,20-21,26,32H,1,6,9,11,13-14,25H2,2H3,(H,27,31)(H,28,33). The van der Waals surface area contributed by atoms with E-state index in [-0.39, 0.29) is 18.7 Å². The third kappa shape index (κ3) is 8.21. The summed E-state index contributed by atoms with van der Waals surface area (Å²) >= 11 is 0. The number of aliphatic hydroxyl groups is 1. The number of pyridine rings is 1. The third-order valence-corrected chi connectivity index (χ3v) is 5.02. The second kappa shape index (κ2) is 12.9. The van der Waals surface area contributed by atoms with Gasteiger partial charge >= 0.3 is 0 Å². The van der Waals surface area contributed by atoms with Crippen molar-refractivity contribution in [1.82, 2.24) is 15.2 Å². The van der Waals surface area contributed by atoms with Gasteiger partial charge in [0.1, 0.15) is 18.5 Å². The highest BCUT2D eigenvalue weighted by molar-refractivity contribution is 5.89. The minimum absolute atomic E-state index is 0.00203. The van der Waals surface area contributed by atoms with Gasteiger partial charge in [-0.15, -0.1) is 0 Å². The van der Waals surface area contributed by atoms with E-state index in [1.165, 1.54) is 13.1 Å². The van der Waals surface area contributed by atoms with Crippen LogP contribution in [0.3, 0.4) is 0 Å². The molecule has 0 spiro atoms. The van der Waals surface area contributed by atoms with Crippen LogP contribution in [-0.2, 0) is 27.3 Å². The summed E-state index contributed by atoms with van der Waals surface area (Å²) in [5.74, 6) is -0.661. The molecule has 1 aromatic heterocycles. The lowest BCUT2D eigenvalue weighted by Crippen LogP contribution is -2.40. The number of hydrogen-bond donors (Lipinski definition) is 5. The monoisotopic (exact) mass is 469 g/mol. The summed E-state index contributed by atoms with van der Waals surface area (Å²) in [5.41, 5.74) is 5.94. The molecule has 0 aliphatic carbocycles. The molecular formula is C24H31N5O5. The van der Waals surface area contributed by atoms with Crippen molar-refractivity contribution in [2.24, 2.45) is 5.73 Å². The molecule has 2 amide bonds. The lowest BCUT2D eigenvalue weighted by Gasteiger charge is -2.17. The Morgan fingerprint density at radius 3 is 2.56 bits per heavy atom. The summed E-state index contributed by atoms with van der Waals surface area (Å²) in [7, 11) is 0. The van der Waals surface area contributed by atoms with Crippen molar-refractivity contribution in [3.8, 4) is 0 Å². The summed E-state index contributed by atoms with van der Waals surface area (Å²) in [6, 6.07) is 9.80. The van der Waals surface area contributed by atoms with Crippen molar-refractivity contribution < 1.29 is 19.5 Å². The Morgan fingerprint density at radius 1 is 1.24 bits per heavy atom. The van der Waals surface area contributed by atoms with E-state index in [1.807, 2.05) is 6.07 Å². The normalized spacial score (nSPS) is 12.3. The highest BCUT2D eigenvalue weighted by atomic mass is 16.3. The Labute approximate surface area is 197 Å². The number of nitrogens with one attached hydrogen (secondary N) is 3. The SMILES string of the molecule is C=C(N)NCCCC(C=O)NC(=O)Cn1ccc(CC(O)c2ccccc2)c(NC(C)=O)c1=O. The Balaban J connectivity index is 2.12. The van der Waals surface area contributed by atoms with Crippen LogP contribution in [0, 0.1) is 0 Å². The second-order valence-electron chi connectivity index (χ2n) is 7.87. The Morgan fingerprint density at radius 2 is 1.94 bits per heavy atom. The number of aliphatic hydroxyl groups excluding tert-OH is 1. The van der Waals surface area contributed by atoms with Crippen LogP contribution in [0.5, 0.6) is 0 Å². The maximum Gasteiger partial charge on any atom is 0.275 e. The Hall–Kier alpha value is -3.92. The topological polar surface area (TPSA) is 156 Å². The molecule has 10 nitrogen and oxygen atoms in total. The lowest BCUT2D eigenvalue weighted by atomic mass is 10.0. The van der Waals surface area contributed by atoms with Gasteiger partial charge in [-0.1, -0.05) is 36.9 Å². The van der Waals surface area contributed by atoms with Gasteiger partial charge in [0.15, 0.2) is 0 Å². The van der Waals surface area contributed by atoms with Crippen LogP contribution < -0.4 is 27.2 Å². The van der Waals surface area contributed by atoms with Crippen molar-refractivity contribution in [3.05, 3.63) is 76.5 Å². The molecule has 0 aliphatic rings. The number of anilines is 1. The van der Waals surface area contributed by atoms with Crippen molar-refractivity contribution in [1.29, 1.82) is 0 Å². The molecule has 0 saturated heterocycles. The summed E-state index contributed by atoms with van der Waals surface area (Å²) in [4.78, 5) is 48.5. The average Bonchev–Trinajstić information content (AvgIpc) is 2.80. The van der Waals surface area contributed by atoms with Gasteiger partial charge in [0.25, 0.3) is 5.56 Å². The molecule has 0 saturated carbocycles. The van der Waals surface area contributed by atoms with Crippen LogP contribution in [0.15, 0.2) is 59.8 Å². The zero-order chi connectivity index (χ0) is 25.1. The van der Waals surface area contributed by atoms with Crippen LogP contribution in [0.4, 0.5) is 5.69 Å². The fourth-order valence-electron chi connectivity index (χ4n) is 3.37. The molecule has 0 radical (unpaired) electrons. The number of hydrogen-bond acceptors (Lipinski definition) is 7. The van der Waals surface area contributed by atoms with Crippen molar-refractivity contribution in [3.63, 3.8) is 0 Å². The smallest absolute Gasteiger partial charge is 0.275 e. The van der Waals surface area contributed by atoms with Gasteiger partial charge in [-0.25, -0.2) is 0 Å². The zero-order valence-corrected chi connectivity index (χ0v) is 19.1. The molecule has 2 rings (SSSR count). The number of nitrogens with zero attached hydrogens (tertiary/aromatic N) is 1. The largest absolute Gasteiger partial charge is 0.388 e. The van der Waals surface area contributed by atoms with Gasteiger partial charge in [0.05, 0.1) is 18.0 Å². The summed E-state index contributed by atoms with van der Waals surface area (Å²) in [6.07, 6.45) is 2.23. The number of aromatic nitrogens is 1. The second-order valence-corrected chi connectivity index (χ2v) is 7.87. The first-order chi connectivity index (χ1) is 16.2. The number of benzene rings is 1. The first kappa shape index (κ1) is 26.3. The summed E-state index contributed by atoms with van der Waals surface area (Å²) in [5, 5.41) is 18.5. The van der Waals surface area contributed by atoms with Crippen LogP contribution in [0.2, 0.25) is 0 Å². The molecule has 1 aromatic carbocycles. The average molecular weight is 470 g/mol. The van der Waals surface area contributed by atoms with Crippen molar-refractivity contribution in [2.75, 3.05) is 11.9 Å². The Bertz CT molecular complexity index is 1070. The summed E-state index contributed by atoms with van der Waals surface area (Å²) in [6.45, 7) is 4.95. The van der Waals surface area contributed by atoms with Crippen molar-refractivity contribution >= 4 is 23.8 Å². The maximum absolute atomic E-state index is 13.0. The summed E-state index contributed by atoms with van der Waals surface area (Å²) < 4.78 is 1.14. The van der Waals surface area contributed by atoms with Gasteiger partial charge in [-0.3, -0.25) is 14.4 Å². The van der Waals surface area contributed by atoms with E-state index in [2.05, 4.69) is 22.5 Å². The highest BCUT2D eigenvalue weighted by Gasteiger charge is 2.18. The van der Waals surface area contributed by atoms with E-state index < -0.39 is 29.5 Å². The fraction of sp³-hybridized carbons (Fsp3) is 0.333. The minimum atomic E-state index is -0.883. The number of amides is 2. The molecule has 1 heterocycles. The van der Waals surface area contributed by atoms with Gasteiger partial charge in [0, 0.05) is 26.1 Å². The molecule has 6 N–H and O–H groups in total. The van der Waals surface area contributed by atoms with Gasteiger partial charge in [0.2, 0.25) is 11.8 Å². The third-order valence-electron chi connectivity index (χ3n) is 5.02. The molecule has 0 aliphatic heterocycles. The van der Waals surface area contributed by atoms with Gasteiger partial charge in [-0.2, -0.15) is 0 Å². The lowest BCUT2D eigenvalue weighted by molar-refractivity contribution is -0.124. The quantitative estimate of drug-likeness (QED) is 0.212. The molecule has 182 valence electrons.